The van der Waals surface area contributed by atoms with E-state index in [1.165, 1.54) is 7.11 Å². The molecule has 0 aliphatic heterocycles. The third-order valence-corrected chi connectivity index (χ3v) is 3.82. The summed E-state index contributed by atoms with van der Waals surface area (Å²) < 4.78 is 10.6. The van der Waals surface area contributed by atoms with Crippen molar-refractivity contribution in [1.29, 1.82) is 0 Å². The Kier molecular flexibility index (Phi) is 5.58. The van der Waals surface area contributed by atoms with Crippen LogP contribution in [0.2, 0.25) is 0 Å². The van der Waals surface area contributed by atoms with Crippen LogP contribution in [0.3, 0.4) is 0 Å². The Morgan fingerprint density at radius 1 is 1.12 bits per heavy atom. The summed E-state index contributed by atoms with van der Waals surface area (Å²) in [7, 11) is 1.28. The van der Waals surface area contributed by atoms with Crippen LogP contribution in [-0.2, 0) is 22.6 Å². The minimum atomic E-state index is -1.01. The van der Waals surface area contributed by atoms with Crippen LogP contribution in [-0.4, -0.2) is 24.2 Å². The largest absolute Gasteiger partial charge is 0.489 e. The molecule has 24 heavy (non-hydrogen) atoms. The van der Waals surface area contributed by atoms with E-state index in [1.54, 1.807) is 19.9 Å². The molecule has 0 saturated carbocycles. The molecular weight excluding hydrogens is 308 g/mol. The standard InChI is InChI=1S/C19H20O5/c1-12-9-16(24-11-14-7-5-4-6-8-14)13(2)15(10-17(20)21)18(12)19(22)23-3/h4-9H,10-11H2,1-3H3,(H,20,21). The Morgan fingerprint density at radius 2 is 1.79 bits per heavy atom. The summed E-state index contributed by atoms with van der Waals surface area (Å²) in [6, 6.07) is 11.4. The molecule has 0 amide bonds. The number of methoxy groups -OCH3 is 1. The quantitative estimate of drug-likeness (QED) is 0.824. The van der Waals surface area contributed by atoms with E-state index >= 15 is 0 Å². The number of esters is 1. The van der Waals surface area contributed by atoms with Gasteiger partial charge in [-0.1, -0.05) is 30.3 Å². The minimum absolute atomic E-state index is 0.264. The number of rotatable bonds is 6. The molecule has 0 unspecified atom stereocenters. The first-order chi connectivity index (χ1) is 11.4. The molecule has 0 radical (unpaired) electrons. The Balaban J connectivity index is 2.40. The number of carboxylic acid groups (broad SMARTS) is 1. The van der Waals surface area contributed by atoms with E-state index in [0.29, 0.717) is 34.6 Å². The molecule has 2 aromatic rings. The highest BCUT2D eigenvalue weighted by molar-refractivity contribution is 5.95. The van der Waals surface area contributed by atoms with E-state index in [4.69, 9.17) is 14.6 Å². The van der Waals surface area contributed by atoms with E-state index in [1.807, 2.05) is 30.3 Å². The predicted octanol–water partition coefficient (Wildman–Crippen LogP) is 3.30. The van der Waals surface area contributed by atoms with Gasteiger partial charge in [0.15, 0.2) is 0 Å². The fraction of sp³-hybridized carbons (Fsp3) is 0.263. The molecule has 2 rings (SSSR count). The maximum Gasteiger partial charge on any atom is 0.338 e. The van der Waals surface area contributed by atoms with Crippen molar-refractivity contribution in [2.45, 2.75) is 26.9 Å². The van der Waals surface area contributed by atoms with Crippen molar-refractivity contribution in [3.8, 4) is 5.75 Å². The maximum absolute atomic E-state index is 12.0. The van der Waals surface area contributed by atoms with E-state index in [2.05, 4.69) is 0 Å². The number of hydrogen-bond donors (Lipinski definition) is 1. The Hall–Kier alpha value is -2.82. The van der Waals surface area contributed by atoms with Crippen LogP contribution in [0.4, 0.5) is 0 Å². The number of carbonyl (C=O) groups excluding carboxylic acids is 1. The van der Waals surface area contributed by atoms with Crippen LogP contribution in [0, 0.1) is 13.8 Å². The number of carboxylic acids is 1. The smallest absolute Gasteiger partial charge is 0.338 e. The van der Waals surface area contributed by atoms with E-state index in [-0.39, 0.29) is 6.42 Å². The summed E-state index contributed by atoms with van der Waals surface area (Å²) >= 11 is 0. The zero-order valence-corrected chi connectivity index (χ0v) is 14.0. The summed E-state index contributed by atoms with van der Waals surface area (Å²) in [5.41, 5.74) is 3.00. The lowest BCUT2D eigenvalue weighted by Gasteiger charge is -2.17. The average molecular weight is 328 g/mol. The fourth-order valence-electron chi connectivity index (χ4n) is 2.59. The second-order valence-corrected chi connectivity index (χ2v) is 5.51. The van der Waals surface area contributed by atoms with Crippen molar-refractivity contribution < 1.29 is 24.2 Å². The van der Waals surface area contributed by atoms with Crippen molar-refractivity contribution in [3.63, 3.8) is 0 Å². The first-order valence-corrected chi connectivity index (χ1v) is 7.54. The molecule has 5 heteroatoms. The second-order valence-electron chi connectivity index (χ2n) is 5.51. The monoisotopic (exact) mass is 328 g/mol. The SMILES string of the molecule is COC(=O)c1c(C)cc(OCc2ccccc2)c(C)c1CC(=O)O. The summed E-state index contributed by atoms with van der Waals surface area (Å²) in [5.74, 6) is -0.982. The highest BCUT2D eigenvalue weighted by atomic mass is 16.5. The van der Waals surface area contributed by atoms with Crippen LogP contribution in [0.15, 0.2) is 36.4 Å². The summed E-state index contributed by atoms with van der Waals surface area (Å²) in [6.45, 7) is 3.86. The number of ether oxygens (including phenoxy) is 2. The molecule has 0 aromatic heterocycles. The molecule has 2 aromatic carbocycles. The zero-order valence-electron chi connectivity index (χ0n) is 14.0. The van der Waals surface area contributed by atoms with Crippen molar-refractivity contribution in [2.24, 2.45) is 0 Å². The van der Waals surface area contributed by atoms with Gasteiger partial charge in [0.05, 0.1) is 19.1 Å². The molecule has 1 N–H and O–H groups in total. The topological polar surface area (TPSA) is 72.8 Å². The third-order valence-electron chi connectivity index (χ3n) is 3.82. The Labute approximate surface area is 140 Å². The molecule has 0 aliphatic rings. The summed E-state index contributed by atoms with van der Waals surface area (Å²) in [5, 5.41) is 9.17. The normalized spacial score (nSPS) is 10.3. The van der Waals surface area contributed by atoms with Gasteiger partial charge >= 0.3 is 11.9 Å². The Bertz CT molecular complexity index is 750. The molecule has 0 heterocycles. The van der Waals surface area contributed by atoms with Gasteiger partial charge < -0.3 is 14.6 Å². The molecule has 126 valence electrons. The number of carbonyl (C=O) groups is 2. The first kappa shape index (κ1) is 17.5. The van der Waals surface area contributed by atoms with Gasteiger partial charge in [0.2, 0.25) is 0 Å². The fourth-order valence-corrected chi connectivity index (χ4v) is 2.59. The van der Waals surface area contributed by atoms with E-state index in [0.717, 1.165) is 5.56 Å². The summed E-state index contributed by atoms with van der Waals surface area (Å²) in [4.78, 5) is 23.2. The number of aryl methyl sites for hydroxylation is 1. The predicted molar refractivity (Wildman–Crippen MR) is 89.4 cm³/mol. The van der Waals surface area contributed by atoms with Crippen LogP contribution in [0.5, 0.6) is 5.75 Å². The lowest BCUT2D eigenvalue weighted by Crippen LogP contribution is -2.14. The van der Waals surface area contributed by atoms with Crippen molar-refractivity contribution in [3.05, 3.63) is 64.2 Å². The van der Waals surface area contributed by atoms with Crippen LogP contribution in [0.1, 0.15) is 32.6 Å². The zero-order chi connectivity index (χ0) is 17.7. The van der Waals surface area contributed by atoms with Gasteiger partial charge in [0.25, 0.3) is 0 Å². The maximum atomic E-state index is 12.0. The number of benzene rings is 2. The van der Waals surface area contributed by atoms with Crippen molar-refractivity contribution in [2.75, 3.05) is 7.11 Å². The lowest BCUT2D eigenvalue weighted by atomic mass is 9.94. The molecule has 0 atom stereocenters. The van der Waals surface area contributed by atoms with E-state index < -0.39 is 11.9 Å². The van der Waals surface area contributed by atoms with Crippen LogP contribution in [0.25, 0.3) is 0 Å². The van der Waals surface area contributed by atoms with Crippen molar-refractivity contribution in [1.82, 2.24) is 0 Å². The van der Waals surface area contributed by atoms with Crippen molar-refractivity contribution >= 4 is 11.9 Å². The highest BCUT2D eigenvalue weighted by Crippen LogP contribution is 2.30. The van der Waals surface area contributed by atoms with Gasteiger partial charge in [-0.3, -0.25) is 4.79 Å². The summed E-state index contributed by atoms with van der Waals surface area (Å²) in [6.07, 6.45) is -0.264. The molecule has 0 spiro atoms. The molecule has 5 nitrogen and oxygen atoms in total. The Morgan fingerprint density at radius 3 is 2.38 bits per heavy atom. The molecule has 0 saturated heterocycles. The number of aliphatic carboxylic acids is 1. The van der Waals surface area contributed by atoms with E-state index in [9.17, 15) is 9.59 Å². The average Bonchev–Trinajstić information content (AvgIpc) is 2.56. The molecule has 0 aliphatic carbocycles. The molecule has 0 bridgehead atoms. The minimum Gasteiger partial charge on any atom is -0.489 e. The first-order valence-electron chi connectivity index (χ1n) is 7.54. The van der Waals surface area contributed by atoms with Crippen LogP contribution < -0.4 is 4.74 Å². The second kappa shape index (κ2) is 7.64. The third kappa shape index (κ3) is 3.93. The molecular formula is C19H20O5. The highest BCUT2D eigenvalue weighted by Gasteiger charge is 2.22. The van der Waals surface area contributed by atoms with Crippen LogP contribution >= 0.6 is 0 Å². The molecule has 0 fully saturated rings. The van der Waals surface area contributed by atoms with Gasteiger partial charge in [0, 0.05) is 0 Å². The van der Waals surface area contributed by atoms with Gasteiger partial charge in [-0.2, -0.15) is 0 Å². The van der Waals surface area contributed by atoms with Gasteiger partial charge in [-0.25, -0.2) is 4.79 Å². The van der Waals surface area contributed by atoms with Gasteiger partial charge in [-0.05, 0) is 42.2 Å². The number of hydrogen-bond acceptors (Lipinski definition) is 4. The van der Waals surface area contributed by atoms with Gasteiger partial charge in [-0.15, -0.1) is 0 Å². The van der Waals surface area contributed by atoms with Gasteiger partial charge in [0.1, 0.15) is 12.4 Å². The lowest BCUT2D eigenvalue weighted by molar-refractivity contribution is -0.136.